The van der Waals surface area contributed by atoms with Gasteiger partial charge >= 0.3 is 0 Å². The molecule has 0 aliphatic rings. The first-order chi connectivity index (χ1) is 11.8. The molecule has 1 aromatic heterocycles. The quantitative estimate of drug-likeness (QED) is 0.417. The Balaban J connectivity index is 1.77. The second-order valence-corrected chi connectivity index (χ2v) is 5.48. The number of guanidine groups is 1. The van der Waals surface area contributed by atoms with Crippen LogP contribution >= 0.6 is 0 Å². The van der Waals surface area contributed by atoms with E-state index in [0.717, 1.165) is 50.9 Å². The maximum atomic E-state index is 5.04. The Bertz CT molecular complexity index is 609. The van der Waals surface area contributed by atoms with Gasteiger partial charge in [0.15, 0.2) is 5.96 Å². The highest BCUT2D eigenvalue weighted by Gasteiger charge is 2.04. The summed E-state index contributed by atoms with van der Waals surface area (Å²) in [5.74, 6) is 1.88. The van der Waals surface area contributed by atoms with Crippen molar-refractivity contribution < 1.29 is 4.74 Å². The van der Waals surface area contributed by atoms with Crippen LogP contribution in [0.25, 0.3) is 0 Å². The lowest BCUT2D eigenvalue weighted by molar-refractivity contribution is 0.195. The number of ether oxygens (including phenoxy) is 1. The van der Waals surface area contributed by atoms with E-state index in [0.29, 0.717) is 0 Å². The monoisotopic (exact) mass is 329 g/mol. The number of methoxy groups -OCH3 is 1. The molecule has 0 atom stereocenters. The highest BCUT2D eigenvalue weighted by Crippen LogP contribution is 2.05. The molecule has 6 heteroatoms. The van der Waals surface area contributed by atoms with E-state index in [4.69, 9.17) is 4.74 Å². The molecule has 0 saturated heterocycles. The summed E-state index contributed by atoms with van der Waals surface area (Å²) in [5.41, 5.74) is 1.28. The fraction of sp³-hybridized carbons (Fsp3) is 0.444. The molecule has 0 radical (unpaired) electrons. The third-order valence-corrected chi connectivity index (χ3v) is 3.68. The smallest absolute Gasteiger partial charge is 0.190 e. The Morgan fingerprint density at radius 3 is 2.75 bits per heavy atom. The minimum absolute atomic E-state index is 0.751. The Morgan fingerprint density at radius 2 is 2.00 bits per heavy atom. The van der Waals surface area contributed by atoms with Crippen molar-refractivity contribution >= 4 is 5.96 Å². The van der Waals surface area contributed by atoms with Gasteiger partial charge in [0.05, 0.1) is 0 Å². The molecule has 2 aromatic rings. The largest absolute Gasteiger partial charge is 0.385 e. The maximum absolute atomic E-state index is 5.04. The highest BCUT2D eigenvalue weighted by atomic mass is 16.5. The third-order valence-electron chi connectivity index (χ3n) is 3.68. The van der Waals surface area contributed by atoms with Crippen molar-refractivity contribution in [1.29, 1.82) is 0 Å². The van der Waals surface area contributed by atoms with Gasteiger partial charge in [0.2, 0.25) is 0 Å². The Labute approximate surface area is 144 Å². The van der Waals surface area contributed by atoms with Crippen LogP contribution in [-0.4, -0.2) is 49.4 Å². The average Bonchev–Trinajstić information content (AvgIpc) is 3.05. The predicted molar refractivity (Wildman–Crippen MR) is 97.3 cm³/mol. The van der Waals surface area contributed by atoms with E-state index in [1.54, 1.807) is 14.2 Å². The number of hydrogen-bond donors (Lipinski definition) is 2. The number of nitrogens with one attached hydrogen (secondary N) is 2. The first-order valence-corrected chi connectivity index (χ1v) is 8.31. The van der Waals surface area contributed by atoms with Crippen molar-refractivity contribution in [3.05, 3.63) is 54.1 Å². The summed E-state index contributed by atoms with van der Waals surface area (Å²) in [4.78, 5) is 8.69. The summed E-state index contributed by atoms with van der Waals surface area (Å²) in [6, 6.07) is 10.4. The van der Waals surface area contributed by atoms with Crippen LogP contribution in [0, 0.1) is 0 Å². The molecule has 2 rings (SSSR count). The number of benzene rings is 1. The predicted octanol–water partition coefficient (Wildman–Crippen LogP) is 1.68. The molecule has 2 N–H and O–H groups in total. The van der Waals surface area contributed by atoms with Gasteiger partial charge in [0, 0.05) is 59.2 Å². The van der Waals surface area contributed by atoms with Gasteiger partial charge in [0.25, 0.3) is 0 Å². The van der Waals surface area contributed by atoms with Crippen LogP contribution in [-0.2, 0) is 17.7 Å². The van der Waals surface area contributed by atoms with Crippen molar-refractivity contribution in [1.82, 2.24) is 20.2 Å². The van der Waals surface area contributed by atoms with E-state index in [-0.39, 0.29) is 0 Å². The van der Waals surface area contributed by atoms with Crippen molar-refractivity contribution in [2.75, 3.05) is 33.9 Å². The van der Waals surface area contributed by atoms with E-state index in [1.165, 1.54) is 5.56 Å². The van der Waals surface area contributed by atoms with Gasteiger partial charge in [0.1, 0.15) is 5.82 Å². The van der Waals surface area contributed by atoms with Crippen LogP contribution in [0.15, 0.2) is 47.7 Å². The van der Waals surface area contributed by atoms with Crippen LogP contribution in [0.1, 0.15) is 17.8 Å². The van der Waals surface area contributed by atoms with Gasteiger partial charge in [-0.25, -0.2) is 4.98 Å². The molecular formula is C18H27N5O. The average molecular weight is 329 g/mol. The summed E-state index contributed by atoms with van der Waals surface area (Å²) in [7, 11) is 3.49. The molecule has 130 valence electrons. The zero-order valence-corrected chi connectivity index (χ0v) is 14.5. The summed E-state index contributed by atoms with van der Waals surface area (Å²) < 4.78 is 7.22. The van der Waals surface area contributed by atoms with E-state index < -0.39 is 0 Å². The van der Waals surface area contributed by atoms with Gasteiger partial charge in [-0.1, -0.05) is 30.3 Å². The summed E-state index contributed by atoms with van der Waals surface area (Å²) >= 11 is 0. The number of rotatable bonds is 9. The van der Waals surface area contributed by atoms with Crippen LogP contribution in [0.3, 0.4) is 0 Å². The SMILES string of the molecule is CN=C(NCCCOC)NCCc1nccn1Cc1ccccc1. The van der Waals surface area contributed by atoms with Gasteiger partial charge in [-0.3, -0.25) is 4.99 Å². The highest BCUT2D eigenvalue weighted by molar-refractivity contribution is 5.79. The van der Waals surface area contributed by atoms with Crippen molar-refractivity contribution in [3.63, 3.8) is 0 Å². The Kier molecular flexibility index (Phi) is 7.83. The number of aromatic nitrogens is 2. The van der Waals surface area contributed by atoms with Gasteiger partial charge in [-0.05, 0) is 12.0 Å². The van der Waals surface area contributed by atoms with Gasteiger partial charge in [-0.15, -0.1) is 0 Å². The molecule has 6 nitrogen and oxygen atoms in total. The zero-order valence-electron chi connectivity index (χ0n) is 14.5. The maximum Gasteiger partial charge on any atom is 0.190 e. The molecule has 0 fully saturated rings. The Morgan fingerprint density at radius 1 is 1.21 bits per heavy atom. The Hall–Kier alpha value is -2.34. The molecule has 24 heavy (non-hydrogen) atoms. The number of aliphatic imine (C=N–C) groups is 1. The molecule has 1 aromatic carbocycles. The van der Waals surface area contributed by atoms with E-state index in [9.17, 15) is 0 Å². The zero-order chi connectivity index (χ0) is 17.0. The standard InChI is InChI=1S/C18H27N5O/c1-19-18(21-10-6-14-24-2)22-11-9-17-20-12-13-23(17)15-16-7-4-3-5-8-16/h3-5,7-8,12-13H,6,9-11,14-15H2,1-2H3,(H2,19,21,22). The summed E-state index contributed by atoms with van der Waals surface area (Å²) in [6.07, 6.45) is 5.69. The number of imidazole rings is 1. The molecule has 0 amide bonds. The third kappa shape index (κ3) is 6.04. The van der Waals surface area contributed by atoms with E-state index in [1.807, 2.05) is 18.5 Å². The van der Waals surface area contributed by atoms with Crippen molar-refractivity contribution in [3.8, 4) is 0 Å². The lowest BCUT2D eigenvalue weighted by Crippen LogP contribution is -2.39. The fourth-order valence-electron chi connectivity index (χ4n) is 2.43. The van der Waals surface area contributed by atoms with E-state index >= 15 is 0 Å². The first-order valence-electron chi connectivity index (χ1n) is 8.31. The van der Waals surface area contributed by atoms with Crippen LogP contribution in [0.2, 0.25) is 0 Å². The lowest BCUT2D eigenvalue weighted by Gasteiger charge is -2.12. The second-order valence-electron chi connectivity index (χ2n) is 5.48. The van der Waals surface area contributed by atoms with Gasteiger partial charge < -0.3 is 19.9 Å². The molecule has 0 bridgehead atoms. The van der Waals surface area contributed by atoms with Crippen LogP contribution in [0.5, 0.6) is 0 Å². The molecule has 0 spiro atoms. The van der Waals surface area contributed by atoms with Gasteiger partial charge in [-0.2, -0.15) is 0 Å². The summed E-state index contributed by atoms with van der Waals surface area (Å²) in [5, 5.41) is 6.59. The molecule has 1 heterocycles. The minimum atomic E-state index is 0.751. The minimum Gasteiger partial charge on any atom is -0.385 e. The normalized spacial score (nSPS) is 11.5. The fourth-order valence-corrected chi connectivity index (χ4v) is 2.43. The molecule has 0 aliphatic carbocycles. The van der Waals surface area contributed by atoms with Crippen LogP contribution < -0.4 is 10.6 Å². The number of nitrogens with zero attached hydrogens (tertiary/aromatic N) is 3. The van der Waals surface area contributed by atoms with Crippen molar-refractivity contribution in [2.24, 2.45) is 4.99 Å². The topological polar surface area (TPSA) is 63.5 Å². The molecule has 0 saturated carbocycles. The molecule has 0 unspecified atom stereocenters. The van der Waals surface area contributed by atoms with Crippen LogP contribution in [0.4, 0.5) is 0 Å². The van der Waals surface area contributed by atoms with Crippen molar-refractivity contribution in [2.45, 2.75) is 19.4 Å². The lowest BCUT2D eigenvalue weighted by atomic mass is 10.2. The number of hydrogen-bond acceptors (Lipinski definition) is 3. The molecule has 0 aliphatic heterocycles. The second kappa shape index (κ2) is 10.4. The summed E-state index contributed by atoms with van der Waals surface area (Å²) in [6.45, 7) is 3.23. The molecular weight excluding hydrogens is 302 g/mol. The van der Waals surface area contributed by atoms with E-state index in [2.05, 4.69) is 49.4 Å². The first kappa shape index (κ1) is 18.0.